The number of benzene rings is 1. The van der Waals surface area contributed by atoms with E-state index in [1.807, 2.05) is 36.4 Å². The first kappa shape index (κ1) is 20.9. The van der Waals surface area contributed by atoms with Gasteiger partial charge < -0.3 is 15.2 Å². The molecule has 172 valence electrons. The molecule has 1 saturated heterocycles. The smallest absolute Gasteiger partial charge is 0.270 e. The van der Waals surface area contributed by atoms with E-state index in [0.717, 1.165) is 29.3 Å². The van der Waals surface area contributed by atoms with Gasteiger partial charge in [-0.05, 0) is 53.5 Å². The number of carbonyl (C=O) groups is 2. The fourth-order valence-corrected chi connectivity index (χ4v) is 5.90. The van der Waals surface area contributed by atoms with Gasteiger partial charge in [-0.3, -0.25) is 14.6 Å². The number of aromatic nitrogens is 2. The Morgan fingerprint density at radius 3 is 2.76 bits per heavy atom. The second-order valence-corrected chi connectivity index (χ2v) is 10.5. The van der Waals surface area contributed by atoms with Crippen LogP contribution in [0.25, 0.3) is 10.8 Å². The van der Waals surface area contributed by atoms with E-state index in [-0.39, 0.29) is 29.1 Å². The van der Waals surface area contributed by atoms with Gasteiger partial charge in [-0.25, -0.2) is 0 Å². The Hall–Kier alpha value is -3.66. The van der Waals surface area contributed by atoms with E-state index in [1.54, 1.807) is 17.3 Å². The van der Waals surface area contributed by atoms with Gasteiger partial charge >= 0.3 is 0 Å². The van der Waals surface area contributed by atoms with Gasteiger partial charge in [0, 0.05) is 35.6 Å². The Labute approximate surface area is 198 Å². The van der Waals surface area contributed by atoms with Crippen molar-refractivity contribution in [2.24, 2.45) is 17.3 Å². The molecule has 0 bridgehead atoms. The Morgan fingerprint density at radius 2 is 2.00 bits per heavy atom. The minimum Gasteiger partial charge on any atom is -0.354 e. The summed E-state index contributed by atoms with van der Waals surface area (Å²) in [6.45, 7) is 4.86. The van der Waals surface area contributed by atoms with Gasteiger partial charge in [0.2, 0.25) is 5.91 Å². The fourth-order valence-electron chi connectivity index (χ4n) is 5.90. The van der Waals surface area contributed by atoms with Crippen LogP contribution in [0.2, 0.25) is 0 Å². The molecule has 7 heteroatoms. The number of H-pyrrole nitrogens is 1. The summed E-state index contributed by atoms with van der Waals surface area (Å²) < 4.78 is 0. The molecule has 34 heavy (non-hydrogen) atoms. The number of piperidine rings is 1. The SMILES string of the molecule is CC1(C)[C@@H]2[C@@H](C(=O)NC(C#N)c3cncc4ccccc34)N(C(=O)c3ccc(C4CC4)[nH]3)C[C@@H]21. The highest BCUT2D eigenvalue weighted by Gasteiger charge is 2.69. The summed E-state index contributed by atoms with van der Waals surface area (Å²) in [5.74, 6) is 0.469. The van der Waals surface area contributed by atoms with Crippen LogP contribution in [0.15, 0.2) is 48.8 Å². The third kappa shape index (κ3) is 3.20. The molecule has 2 saturated carbocycles. The molecule has 4 atom stereocenters. The lowest BCUT2D eigenvalue weighted by Crippen LogP contribution is -2.50. The van der Waals surface area contributed by atoms with Crippen LogP contribution in [-0.4, -0.2) is 39.3 Å². The first-order chi connectivity index (χ1) is 16.4. The average molecular weight is 454 g/mol. The Bertz CT molecular complexity index is 1340. The summed E-state index contributed by atoms with van der Waals surface area (Å²) in [7, 11) is 0. The summed E-state index contributed by atoms with van der Waals surface area (Å²) in [5.41, 5.74) is 2.29. The number of amides is 2. The van der Waals surface area contributed by atoms with Gasteiger partial charge in [0.1, 0.15) is 17.8 Å². The molecular weight excluding hydrogens is 426 g/mol. The number of rotatable bonds is 5. The van der Waals surface area contributed by atoms with Gasteiger partial charge in [-0.15, -0.1) is 0 Å². The molecule has 7 nitrogen and oxygen atoms in total. The van der Waals surface area contributed by atoms with Crippen molar-refractivity contribution >= 4 is 22.6 Å². The maximum atomic E-state index is 13.6. The molecule has 3 heterocycles. The normalized spacial score (nSPS) is 25.4. The minimum absolute atomic E-state index is 0.00314. The molecule has 1 unspecified atom stereocenters. The van der Waals surface area contributed by atoms with Gasteiger partial charge in [0.15, 0.2) is 0 Å². The van der Waals surface area contributed by atoms with Crippen LogP contribution in [0.4, 0.5) is 0 Å². The summed E-state index contributed by atoms with van der Waals surface area (Å²) in [6.07, 6.45) is 5.69. The molecule has 2 amide bonds. The van der Waals surface area contributed by atoms with E-state index in [0.29, 0.717) is 23.7 Å². The lowest BCUT2D eigenvalue weighted by molar-refractivity contribution is -0.126. The number of nitrogens with one attached hydrogen (secondary N) is 2. The Kier molecular flexibility index (Phi) is 4.57. The number of carbonyl (C=O) groups excluding carboxylic acids is 2. The van der Waals surface area contributed by atoms with Gasteiger partial charge in [-0.2, -0.15) is 5.26 Å². The molecule has 2 aliphatic carbocycles. The molecule has 6 rings (SSSR count). The third-order valence-electron chi connectivity index (χ3n) is 8.12. The zero-order valence-electron chi connectivity index (χ0n) is 19.3. The van der Waals surface area contributed by atoms with Crippen LogP contribution in [0, 0.1) is 28.6 Å². The zero-order valence-corrected chi connectivity index (χ0v) is 19.3. The maximum absolute atomic E-state index is 13.6. The van der Waals surface area contributed by atoms with E-state index in [2.05, 4.69) is 35.2 Å². The lowest BCUT2D eigenvalue weighted by Gasteiger charge is -2.30. The van der Waals surface area contributed by atoms with Crippen LogP contribution in [0.5, 0.6) is 0 Å². The lowest BCUT2D eigenvalue weighted by atomic mass is 9.98. The van der Waals surface area contributed by atoms with Crippen molar-refractivity contribution in [2.75, 3.05) is 6.54 Å². The van der Waals surface area contributed by atoms with Crippen molar-refractivity contribution in [1.29, 1.82) is 5.26 Å². The molecule has 2 N–H and O–H groups in total. The van der Waals surface area contributed by atoms with E-state index < -0.39 is 12.1 Å². The van der Waals surface area contributed by atoms with Crippen LogP contribution in [-0.2, 0) is 4.79 Å². The number of nitriles is 1. The Morgan fingerprint density at radius 1 is 1.21 bits per heavy atom. The molecule has 0 radical (unpaired) electrons. The Balaban J connectivity index is 1.28. The zero-order chi connectivity index (χ0) is 23.6. The largest absolute Gasteiger partial charge is 0.354 e. The van der Waals surface area contributed by atoms with Crippen LogP contribution < -0.4 is 5.32 Å². The number of aromatic amines is 1. The van der Waals surface area contributed by atoms with Crippen molar-refractivity contribution in [3.8, 4) is 6.07 Å². The quantitative estimate of drug-likeness (QED) is 0.611. The molecular formula is C27H27N5O2. The first-order valence-electron chi connectivity index (χ1n) is 11.9. The topological polar surface area (TPSA) is 102 Å². The number of likely N-dealkylation sites (tertiary alicyclic amines) is 1. The summed E-state index contributed by atoms with van der Waals surface area (Å²) in [6, 6.07) is 12.3. The standard InChI is InChI=1S/C27H27N5O2/c1-27(2)19-14-32(26(34)21-10-9-20(30-21)15-7-8-15)24(23(19)27)25(33)31-22(11-28)18-13-29-12-16-5-3-4-6-17(16)18/h3-6,9-10,12-13,15,19,22-24,30H,7-8,14H2,1-2H3,(H,31,33)/t19-,22?,23-,24-/m0/s1. The second-order valence-electron chi connectivity index (χ2n) is 10.5. The van der Waals surface area contributed by atoms with Gasteiger partial charge in [0.25, 0.3) is 5.91 Å². The third-order valence-corrected chi connectivity index (χ3v) is 8.12. The van der Waals surface area contributed by atoms with Crippen molar-refractivity contribution in [3.05, 3.63) is 65.7 Å². The highest BCUT2D eigenvalue weighted by molar-refractivity contribution is 5.98. The number of nitrogens with zero attached hydrogens (tertiary/aromatic N) is 3. The monoisotopic (exact) mass is 453 g/mol. The molecule has 2 aromatic heterocycles. The number of pyridine rings is 1. The van der Waals surface area contributed by atoms with E-state index in [1.165, 1.54) is 0 Å². The average Bonchev–Trinajstić information content (AvgIpc) is 3.61. The molecule has 1 aromatic carbocycles. The number of fused-ring (bicyclic) bond motifs is 2. The van der Waals surface area contributed by atoms with Crippen molar-refractivity contribution in [2.45, 2.75) is 44.7 Å². The van der Waals surface area contributed by atoms with E-state index in [9.17, 15) is 14.9 Å². The maximum Gasteiger partial charge on any atom is 0.270 e. The number of hydrogen-bond donors (Lipinski definition) is 2. The fraction of sp³-hybridized carbons (Fsp3) is 0.407. The molecule has 0 spiro atoms. The molecule has 3 aliphatic rings. The van der Waals surface area contributed by atoms with Crippen molar-refractivity contribution < 1.29 is 9.59 Å². The molecule has 1 aliphatic heterocycles. The van der Waals surface area contributed by atoms with Crippen LogP contribution in [0.1, 0.15) is 60.4 Å². The number of hydrogen-bond acceptors (Lipinski definition) is 4. The minimum atomic E-state index is -0.851. The predicted molar refractivity (Wildman–Crippen MR) is 127 cm³/mol. The summed E-state index contributed by atoms with van der Waals surface area (Å²) >= 11 is 0. The molecule has 3 aromatic rings. The van der Waals surface area contributed by atoms with Crippen LogP contribution >= 0.6 is 0 Å². The van der Waals surface area contributed by atoms with Gasteiger partial charge in [0.05, 0.1) is 6.07 Å². The highest BCUT2D eigenvalue weighted by atomic mass is 16.2. The summed E-state index contributed by atoms with van der Waals surface area (Å²) in [4.78, 5) is 36.3. The van der Waals surface area contributed by atoms with Crippen LogP contribution in [0.3, 0.4) is 0 Å². The summed E-state index contributed by atoms with van der Waals surface area (Å²) in [5, 5.41) is 14.7. The molecule has 3 fully saturated rings. The van der Waals surface area contributed by atoms with Crippen molar-refractivity contribution in [3.63, 3.8) is 0 Å². The second kappa shape index (κ2) is 7.42. The highest BCUT2D eigenvalue weighted by Crippen LogP contribution is 2.65. The van der Waals surface area contributed by atoms with Gasteiger partial charge in [-0.1, -0.05) is 38.1 Å². The first-order valence-corrected chi connectivity index (χ1v) is 11.9. The van der Waals surface area contributed by atoms with E-state index >= 15 is 0 Å². The van der Waals surface area contributed by atoms with E-state index in [4.69, 9.17) is 0 Å². The predicted octanol–water partition coefficient (Wildman–Crippen LogP) is 3.92. The van der Waals surface area contributed by atoms with Crippen molar-refractivity contribution in [1.82, 2.24) is 20.2 Å².